The summed E-state index contributed by atoms with van der Waals surface area (Å²) in [6.07, 6.45) is 0.974. The standard InChI is InChI=1S/C14H18N2OS/c1-10-8-11-4-2-3-5-13(11)16(10)14(17)12-9-18-7-6-15-12/h2-5,10,12,15H,6-9H2,1H3. The highest BCUT2D eigenvalue weighted by Crippen LogP contribution is 2.32. The molecule has 0 spiro atoms. The Kier molecular flexibility index (Phi) is 3.31. The summed E-state index contributed by atoms with van der Waals surface area (Å²) in [4.78, 5) is 14.6. The first-order chi connectivity index (χ1) is 8.77. The fourth-order valence-electron chi connectivity index (χ4n) is 2.79. The number of nitrogens with one attached hydrogen (secondary N) is 1. The molecule has 1 fully saturated rings. The van der Waals surface area contributed by atoms with Crippen LogP contribution in [0, 0.1) is 0 Å². The number of carbonyl (C=O) groups is 1. The van der Waals surface area contributed by atoms with E-state index in [0.29, 0.717) is 0 Å². The monoisotopic (exact) mass is 262 g/mol. The van der Waals surface area contributed by atoms with Crippen molar-refractivity contribution in [1.82, 2.24) is 5.32 Å². The Morgan fingerprint density at radius 3 is 3.06 bits per heavy atom. The minimum Gasteiger partial charge on any atom is -0.308 e. The van der Waals surface area contributed by atoms with E-state index in [1.165, 1.54) is 5.56 Å². The number of fused-ring (bicyclic) bond motifs is 1. The maximum Gasteiger partial charge on any atom is 0.245 e. The molecule has 3 rings (SSSR count). The van der Waals surface area contributed by atoms with Crippen LogP contribution < -0.4 is 10.2 Å². The molecule has 2 heterocycles. The molecule has 4 heteroatoms. The maximum atomic E-state index is 12.6. The third-order valence-electron chi connectivity index (χ3n) is 3.66. The molecule has 18 heavy (non-hydrogen) atoms. The summed E-state index contributed by atoms with van der Waals surface area (Å²) >= 11 is 1.86. The first kappa shape index (κ1) is 12.1. The van der Waals surface area contributed by atoms with E-state index >= 15 is 0 Å². The molecular weight excluding hydrogens is 244 g/mol. The lowest BCUT2D eigenvalue weighted by Crippen LogP contribution is -2.52. The van der Waals surface area contributed by atoms with E-state index in [9.17, 15) is 4.79 Å². The Bertz CT molecular complexity index is 457. The number of rotatable bonds is 1. The molecule has 1 amide bonds. The first-order valence-corrected chi connectivity index (χ1v) is 7.65. The fourth-order valence-corrected chi connectivity index (χ4v) is 3.72. The fraction of sp³-hybridized carbons (Fsp3) is 0.500. The van der Waals surface area contributed by atoms with Gasteiger partial charge in [0.25, 0.3) is 0 Å². The van der Waals surface area contributed by atoms with Crippen LogP contribution in [0.25, 0.3) is 0 Å². The number of benzene rings is 1. The molecule has 1 aromatic carbocycles. The van der Waals surface area contributed by atoms with Gasteiger partial charge in [-0.05, 0) is 25.0 Å². The number of amides is 1. The highest BCUT2D eigenvalue weighted by Gasteiger charge is 2.34. The average Bonchev–Trinajstić information content (AvgIpc) is 2.75. The Balaban J connectivity index is 1.85. The second-order valence-electron chi connectivity index (χ2n) is 4.97. The van der Waals surface area contributed by atoms with Gasteiger partial charge in [0.1, 0.15) is 0 Å². The Morgan fingerprint density at radius 1 is 1.44 bits per heavy atom. The minimum atomic E-state index is -0.0163. The Morgan fingerprint density at radius 2 is 2.28 bits per heavy atom. The smallest absolute Gasteiger partial charge is 0.245 e. The van der Waals surface area contributed by atoms with Gasteiger partial charge in [0.05, 0.1) is 6.04 Å². The lowest BCUT2D eigenvalue weighted by Gasteiger charge is -2.30. The Hall–Kier alpha value is -1.000. The second kappa shape index (κ2) is 4.94. The van der Waals surface area contributed by atoms with E-state index in [0.717, 1.165) is 30.2 Å². The van der Waals surface area contributed by atoms with Gasteiger partial charge in [-0.15, -0.1) is 0 Å². The summed E-state index contributed by atoms with van der Waals surface area (Å²) in [5, 5.41) is 3.34. The van der Waals surface area contributed by atoms with E-state index in [4.69, 9.17) is 0 Å². The van der Waals surface area contributed by atoms with Crippen molar-refractivity contribution in [2.75, 3.05) is 23.0 Å². The van der Waals surface area contributed by atoms with Crippen LogP contribution in [0.3, 0.4) is 0 Å². The van der Waals surface area contributed by atoms with Gasteiger partial charge in [-0.1, -0.05) is 18.2 Å². The molecule has 1 aromatic rings. The van der Waals surface area contributed by atoms with Crippen molar-refractivity contribution in [2.45, 2.75) is 25.4 Å². The van der Waals surface area contributed by atoms with Crippen LogP contribution in [0.4, 0.5) is 5.69 Å². The van der Waals surface area contributed by atoms with E-state index in [2.05, 4.69) is 24.4 Å². The molecule has 96 valence electrons. The molecule has 0 bridgehead atoms. The van der Waals surface area contributed by atoms with Crippen molar-refractivity contribution < 1.29 is 4.79 Å². The molecule has 3 nitrogen and oxygen atoms in total. The van der Waals surface area contributed by atoms with Crippen LogP contribution in [0.15, 0.2) is 24.3 Å². The molecule has 1 saturated heterocycles. The lowest BCUT2D eigenvalue weighted by molar-refractivity contribution is -0.120. The van der Waals surface area contributed by atoms with Crippen LogP contribution >= 0.6 is 11.8 Å². The van der Waals surface area contributed by atoms with Gasteiger partial charge in [0, 0.05) is 29.8 Å². The molecule has 0 saturated carbocycles. The summed E-state index contributed by atoms with van der Waals surface area (Å²) in [5.74, 6) is 2.24. The predicted molar refractivity (Wildman–Crippen MR) is 76.2 cm³/mol. The molecule has 2 atom stereocenters. The first-order valence-electron chi connectivity index (χ1n) is 6.49. The van der Waals surface area contributed by atoms with E-state index in [-0.39, 0.29) is 18.0 Å². The predicted octanol–water partition coefficient (Wildman–Crippen LogP) is 1.67. The van der Waals surface area contributed by atoms with Crippen molar-refractivity contribution in [3.63, 3.8) is 0 Å². The molecule has 0 aliphatic carbocycles. The SMILES string of the molecule is CC1Cc2ccccc2N1C(=O)C1CSCCN1. The summed E-state index contributed by atoms with van der Waals surface area (Å²) in [5.41, 5.74) is 2.40. The van der Waals surface area contributed by atoms with Gasteiger partial charge in [-0.2, -0.15) is 11.8 Å². The number of thioether (sulfide) groups is 1. The quantitative estimate of drug-likeness (QED) is 0.835. The number of carbonyl (C=O) groups excluding carboxylic acids is 1. The third kappa shape index (κ3) is 2.04. The zero-order valence-corrected chi connectivity index (χ0v) is 11.4. The van der Waals surface area contributed by atoms with Gasteiger partial charge in [-0.25, -0.2) is 0 Å². The summed E-state index contributed by atoms with van der Waals surface area (Å²) in [6.45, 7) is 3.07. The maximum absolute atomic E-state index is 12.6. The van der Waals surface area contributed by atoms with Crippen molar-refractivity contribution >= 4 is 23.4 Å². The number of hydrogen-bond donors (Lipinski definition) is 1. The topological polar surface area (TPSA) is 32.3 Å². The number of nitrogens with zero attached hydrogens (tertiary/aromatic N) is 1. The molecule has 2 unspecified atom stereocenters. The number of anilines is 1. The van der Waals surface area contributed by atoms with Crippen LogP contribution in [0.2, 0.25) is 0 Å². The normalized spacial score (nSPS) is 27.1. The van der Waals surface area contributed by atoms with Crippen molar-refractivity contribution in [3.05, 3.63) is 29.8 Å². The van der Waals surface area contributed by atoms with Gasteiger partial charge in [-0.3, -0.25) is 4.79 Å². The minimum absolute atomic E-state index is 0.0163. The molecule has 0 aromatic heterocycles. The highest BCUT2D eigenvalue weighted by atomic mass is 32.2. The molecular formula is C14H18N2OS. The van der Waals surface area contributed by atoms with Crippen LogP contribution in [-0.4, -0.2) is 36.0 Å². The summed E-state index contributed by atoms with van der Waals surface area (Å²) < 4.78 is 0. The second-order valence-corrected chi connectivity index (χ2v) is 6.12. The van der Waals surface area contributed by atoms with Gasteiger partial charge >= 0.3 is 0 Å². The van der Waals surface area contributed by atoms with E-state index in [1.54, 1.807) is 0 Å². The third-order valence-corrected chi connectivity index (χ3v) is 4.73. The van der Waals surface area contributed by atoms with Crippen molar-refractivity contribution in [1.29, 1.82) is 0 Å². The molecule has 0 radical (unpaired) electrons. The molecule has 2 aliphatic heterocycles. The largest absolute Gasteiger partial charge is 0.308 e. The average molecular weight is 262 g/mol. The Labute approximate surface area is 112 Å². The van der Waals surface area contributed by atoms with Gasteiger partial charge in [0.2, 0.25) is 5.91 Å². The zero-order valence-electron chi connectivity index (χ0n) is 10.6. The van der Waals surface area contributed by atoms with E-state index < -0.39 is 0 Å². The number of hydrogen-bond acceptors (Lipinski definition) is 3. The summed E-state index contributed by atoms with van der Waals surface area (Å²) in [7, 11) is 0. The molecule has 2 aliphatic rings. The number of para-hydroxylation sites is 1. The molecule has 1 N–H and O–H groups in total. The highest BCUT2D eigenvalue weighted by molar-refractivity contribution is 7.99. The van der Waals surface area contributed by atoms with Crippen LogP contribution in [-0.2, 0) is 11.2 Å². The van der Waals surface area contributed by atoms with Crippen molar-refractivity contribution in [3.8, 4) is 0 Å². The summed E-state index contributed by atoms with van der Waals surface area (Å²) in [6, 6.07) is 8.52. The van der Waals surface area contributed by atoms with E-state index in [1.807, 2.05) is 28.8 Å². The lowest BCUT2D eigenvalue weighted by atomic mass is 10.1. The van der Waals surface area contributed by atoms with Crippen LogP contribution in [0.5, 0.6) is 0 Å². The van der Waals surface area contributed by atoms with Crippen LogP contribution in [0.1, 0.15) is 12.5 Å². The van der Waals surface area contributed by atoms with Gasteiger partial charge < -0.3 is 10.2 Å². The van der Waals surface area contributed by atoms with Gasteiger partial charge in [0.15, 0.2) is 0 Å². The zero-order chi connectivity index (χ0) is 12.5. The van der Waals surface area contributed by atoms with Crippen molar-refractivity contribution in [2.24, 2.45) is 0 Å².